The second kappa shape index (κ2) is 9.05. The maximum absolute atomic E-state index is 13.8. The average Bonchev–Trinajstić information content (AvgIpc) is 3.24. The normalized spacial score (nSPS) is 12.7. The van der Waals surface area contributed by atoms with Crippen molar-refractivity contribution in [1.82, 2.24) is 14.8 Å². The number of hydrogen-bond donors (Lipinski definition) is 1. The molecule has 4 nitrogen and oxygen atoms in total. The molecule has 0 spiro atoms. The van der Waals surface area contributed by atoms with Crippen LogP contribution in [-0.4, -0.2) is 20.9 Å². The summed E-state index contributed by atoms with van der Waals surface area (Å²) >= 11 is 0. The summed E-state index contributed by atoms with van der Waals surface area (Å²) in [5, 5.41) is 7.17. The van der Waals surface area contributed by atoms with Crippen molar-refractivity contribution in [2.75, 3.05) is 5.32 Å². The molecule has 2 heterocycles. The summed E-state index contributed by atoms with van der Waals surface area (Å²) < 4.78 is 56.6. The smallest absolute Gasteiger partial charge is 0.355 e. The number of aromatic nitrogens is 3. The van der Waals surface area contributed by atoms with E-state index in [0.717, 1.165) is 0 Å². The molecule has 0 aliphatic carbocycles. The molecule has 0 saturated heterocycles. The van der Waals surface area contributed by atoms with Crippen LogP contribution in [-0.2, 0) is 0 Å². The van der Waals surface area contributed by atoms with Gasteiger partial charge in [0.1, 0.15) is 23.4 Å². The second-order valence-corrected chi connectivity index (χ2v) is 7.93. The fourth-order valence-electron chi connectivity index (χ4n) is 3.51. The van der Waals surface area contributed by atoms with E-state index in [4.69, 9.17) is 0 Å². The third-order valence-electron chi connectivity index (χ3n) is 5.20. The van der Waals surface area contributed by atoms with Crippen LogP contribution < -0.4 is 5.32 Å². The number of pyridine rings is 1. The highest BCUT2D eigenvalue weighted by Crippen LogP contribution is 2.37. The van der Waals surface area contributed by atoms with Gasteiger partial charge in [-0.15, -0.1) is 0 Å². The van der Waals surface area contributed by atoms with Crippen LogP contribution in [0.4, 0.5) is 23.4 Å². The number of halogens is 4. The fourth-order valence-corrected chi connectivity index (χ4v) is 3.51. The second-order valence-electron chi connectivity index (χ2n) is 7.93. The van der Waals surface area contributed by atoms with Crippen molar-refractivity contribution in [2.45, 2.75) is 32.1 Å². The first-order chi connectivity index (χ1) is 15.7. The summed E-state index contributed by atoms with van der Waals surface area (Å²) in [4.78, 5) is 4.11. The zero-order chi connectivity index (χ0) is 23.6. The van der Waals surface area contributed by atoms with Gasteiger partial charge in [-0.05, 0) is 61.4 Å². The van der Waals surface area contributed by atoms with E-state index in [1.54, 1.807) is 47.1 Å². The molecule has 170 valence electrons. The van der Waals surface area contributed by atoms with E-state index < -0.39 is 12.2 Å². The maximum atomic E-state index is 13.8. The van der Waals surface area contributed by atoms with Crippen LogP contribution in [0.25, 0.3) is 22.4 Å². The predicted molar refractivity (Wildman–Crippen MR) is 120 cm³/mol. The van der Waals surface area contributed by atoms with Crippen LogP contribution in [0.5, 0.6) is 0 Å². The lowest BCUT2D eigenvalue weighted by atomic mass is 10.0. The van der Waals surface area contributed by atoms with Crippen molar-refractivity contribution in [1.29, 1.82) is 0 Å². The zero-order valence-corrected chi connectivity index (χ0v) is 18.0. The Morgan fingerprint density at radius 2 is 1.61 bits per heavy atom. The number of benzene rings is 2. The van der Waals surface area contributed by atoms with Crippen LogP contribution in [0.3, 0.4) is 0 Å². The van der Waals surface area contributed by atoms with Gasteiger partial charge in [-0.25, -0.2) is 9.37 Å². The number of rotatable bonds is 6. The summed E-state index contributed by atoms with van der Waals surface area (Å²) in [5.74, 6) is -0.279. The van der Waals surface area contributed by atoms with Gasteiger partial charge < -0.3 is 5.32 Å². The Labute approximate surface area is 188 Å². The molecule has 0 saturated carbocycles. The first-order valence-electron chi connectivity index (χ1n) is 10.4. The van der Waals surface area contributed by atoms with Crippen molar-refractivity contribution in [3.8, 4) is 22.4 Å². The van der Waals surface area contributed by atoms with Gasteiger partial charge in [0, 0.05) is 29.6 Å². The van der Waals surface area contributed by atoms with Crippen LogP contribution in [0, 0.1) is 5.82 Å². The molecule has 0 radical (unpaired) electrons. The average molecular weight is 454 g/mol. The van der Waals surface area contributed by atoms with Crippen LogP contribution in [0.1, 0.15) is 31.5 Å². The van der Waals surface area contributed by atoms with E-state index >= 15 is 0 Å². The first-order valence-corrected chi connectivity index (χ1v) is 10.4. The lowest BCUT2D eigenvalue weighted by Gasteiger charge is -2.22. The van der Waals surface area contributed by atoms with Crippen LogP contribution in [0.15, 0.2) is 79.1 Å². The highest BCUT2D eigenvalue weighted by molar-refractivity contribution is 5.81. The van der Waals surface area contributed by atoms with Gasteiger partial charge in [0.2, 0.25) is 0 Å². The van der Waals surface area contributed by atoms with Crippen molar-refractivity contribution in [3.63, 3.8) is 0 Å². The van der Waals surface area contributed by atoms with Gasteiger partial charge in [0.25, 0.3) is 0 Å². The van der Waals surface area contributed by atoms with Gasteiger partial charge in [0.15, 0.2) is 0 Å². The number of hydrogen-bond acceptors (Lipinski definition) is 3. The topological polar surface area (TPSA) is 42.7 Å². The molecule has 4 rings (SSSR count). The Morgan fingerprint density at radius 1 is 0.909 bits per heavy atom. The SMILES string of the molecule is CC(C)n1cc(-c2ccnc(NC(c3ccccc3)C(F)(F)F)c2)c(-c2ccc(F)cc2)n1. The van der Waals surface area contributed by atoms with E-state index in [2.05, 4.69) is 15.4 Å². The minimum atomic E-state index is -4.51. The molecule has 0 aliphatic heterocycles. The van der Waals surface area contributed by atoms with E-state index in [0.29, 0.717) is 22.4 Å². The molecule has 1 unspecified atom stereocenters. The first kappa shape index (κ1) is 22.5. The van der Waals surface area contributed by atoms with Crippen LogP contribution >= 0.6 is 0 Å². The fraction of sp³-hybridized carbons (Fsp3) is 0.200. The lowest BCUT2D eigenvalue weighted by Crippen LogP contribution is -2.28. The number of nitrogens with zero attached hydrogens (tertiary/aromatic N) is 3. The quantitative estimate of drug-likeness (QED) is 0.318. The van der Waals surface area contributed by atoms with E-state index in [1.165, 1.54) is 30.5 Å². The minimum Gasteiger partial charge on any atom is -0.355 e. The van der Waals surface area contributed by atoms with Gasteiger partial charge in [-0.3, -0.25) is 4.68 Å². The third-order valence-corrected chi connectivity index (χ3v) is 5.20. The molecule has 33 heavy (non-hydrogen) atoms. The minimum absolute atomic E-state index is 0.0603. The van der Waals surface area contributed by atoms with Crippen LogP contribution in [0.2, 0.25) is 0 Å². The number of alkyl halides is 3. The summed E-state index contributed by atoms with van der Waals surface area (Å²) in [6.45, 7) is 3.94. The lowest BCUT2D eigenvalue weighted by molar-refractivity contribution is -0.144. The third kappa shape index (κ3) is 5.05. The summed E-state index contributed by atoms with van der Waals surface area (Å²) in [6, 6.07) is 15.0. The summed E-state index contributed by atoms with van der Waals surface area (Å²) in [6.07, 6.45) is -1.22. The van der Waals surface area contributed by atoms with Crippen molar-refractivity contribution in [2.24, 2.45) is 0 Å². The zero-order valence-electron chi connectivity index (χ0n) is 18.0. The standard InChI is InChI=1S/C25H22F4N4/c1-16(2)33-15-21(23(32-33)17-8-10-20(26)11-9-17)19-12-13-30-22(14-19)31-24(25(27,28)29)18-6-4-3-5-7-18/h3-16,24H,1-2H3,(H,30,31). The van der Waals surface area contributed by atoms with Gasteiger partial charge in [-0.2, -0.15) is 18.3 Å². The molecule has 8 heteroatoms. The van der Waals surface area contributed by atoms with E-state index in [-0.39, 0.29) is 23.2 Å². The molecule has 1 atom stereocenters. The predicted octanol–water partition coefficient (Wildman–Crippen LogP) is 7.05. The molecule has 1 N–H and O–H groups in total. The highest BCUT2D eigenvalue weighted by Gasteiger charge is 2.41. The molecule has 0 amide bonds. The Morgan fingerprint density at radius 3 is 2.24 bits per heavy atom. The Bertz CT molecular complexity index is 1220. The molecule has 0 aliphatic rings. The number of nitrogens with one attached hydrogen (secondary N) is 1. The Hall–Kier alpha value is -3.68. The molecule has 2 aromatic heterocycles. The molecule has 0 fully saturated rings. The highest BCUT2D eigenvalue weighted by atomic mass is 19.4. The maximum Gasteiger partial charge on any atom is 0.412 e. The van der Waals surface area contributed by atoms with Crippen molar-refractivity contribution < 1.29 is 17.6 Å². The molecule has 4 aromatic rings. The molecule has 0 bridgehead atoms. The Kier molecular flexibility index (Phi) is 6.18. The van der Waals surface area contributed by atoms with Crippen molar-refractivity contribution in [3.05, 3.63) is 90.5 Å². The van der Waals surface area contributed by atoms with Gasteiger partial charge in [-0.1, -0.05) is 30.3 Å². The van der Waals surface area contributed by atoms with Gasteiger partial charge in [0.05, 0.1) is 0 Å². The molecular weight excluding hydrogens is 432 g/mol. The Balaban J connectivity index is 1.74. The summed E-state index contributed by atoms with van der Waals surface area (Å²) in [7, 11) is 0. The van der Waals surface area contributed by atoms with E-state index in [9.17, 15) is 17.6 Å². The van der Waals surface area contributed by atoms with Gasteiger partial charge >= 0.3 is 6.18 Å². The largest absolute Gasteiger partial charge is 0.412 e. The summed E-state index contributed by atoms with van der Waals surface area (Å²) in [5.41, 5.74) is 2.76. The molecule has 2 aromatic carbocycles. The monoisotopic (exact) mass is 454 g/mol. The number of anilines is 1. The van der Waals surface area contributed by atoms with Crippen molar-refractivity contribution >= 4 is 5.82 Å². The molecular formula is C25H22F4N4. The van der Waals surface area contributed by atoms with E-state index in [1.807, 2.05) is 20.0 Å².